The standard InChI is InChI=1S/C13H21N5/c1-14-8-11-3-2-6-18(11)13-7-12(15-9-16-13)17-10-4-5-10/h7,9-11,14H,2-6,8H2,1H3,(H,15,16,17). The van der Waals surface area contributed by atoms with Gasteiger partial charge in [0.05, 0.1) is 0 Å². The summed E-state index contributed by atoms with van der Waals surface area (Å²) >= 11 is 0. The van der Waals surface area contributed by atoms with Gasteiger partial charge < -0.3 is 15.5 Å². The Balaban J connectivity index is 1.73. The molecule has 0 radical (unpaired) electrons. The molecule has 1 atom stereocenters. The van der Waals surface area contributed by atoms with E-state index in [9.17, 15) is 0 Å². The molecule has 0 aromatic carbocycles. The van der Waals surface area contributed by atoms with Gasteiger partial charge in [-0.25, -0.2) is 9.97 Å². The minimum Gasteiger partial charge on any atom is -0.367 e. The van der Waals surface area contributed by atoms with Crippen LogP contribution in [0, 0.1) is 0 Å². The number of anilines is 2. The number of aromatic nitrogens is 2. The minimum atomic E-state index is 0.568. The average Bonchev–Trinajstić information content (AvgIpc) is 3.07. The third kappa shape index (κ3) is 2.56. The molecule has 1 aromatic heterocycles. The van der Waals surface area contributed by atoms with Gasteiger partial charge in [0.15, 0.2) is 0 Å². The first kappa shape index (κ1) is 11.7. The predicted octanol–water partition coefficient (Wildman–Crippen LogP) is 1.24. The van der Waals surface area contributed by atoms with Crippen LogP contribution in [0.4, 0.5) is 11.6 Å². The second-order valence-corrected chi connectivity index (χ2v) is 5.23. The fraction of sp³-hybridized carbons (Fsp3) is 0.692. The average molecular weight is 247 g/mol. The molecule has 18 heavy (non-hydrogen) atoms. The Hall–Kier alpha value is -1.36. The summed E-state index contributed by atoms with van der Waals surface area (Å²) in [6.07, 6.45) is 6.71. The number of rotatable bonds is 5. The predicted molar refractivity (Wildman–Crippen MR) is 73.0 cm³/mol. The van der Waals surface area contributed by atoms with Gasteiger partial charge >= 0.3 is 0 Å². The summed E-state index contributed by atoms with van der Waals surface area (Å²) in [7, 11) is 2.01. The Labute approximate surface area is 108 Å². The van der Waals surface area contributed by atoms with E-state index >= 15 is 0 Å². The van der Waals surface area contributed by atoms with Crippen molar-refractivity contribution >= 4 is 11.6 Å². The van der Waals surface area contributed by atoms with E-state index in [1.54, 1.807) is 6.33 Å². The maximum Gasteiger partial charge on any atom is 0.134 e. The Morgan fingerprint density at radius 2 is 2.22 bits per heavy atom. The maximum absolute atomic E-state index is 4.43. The first-order valence-electron chi connectivity index (χ1n) is 6.86. The lowest BCUT2D eigenvalue weighted by Gasteiger charge is -2.25. The van der Waals surface area contributed by atoms with Crippen LogP contribution in [0.25, 0.3) is 0 Å². The third-order valence-corrected chi connectivity index (χ3v) is 3.69. The van der Waals surface area contributed by atoms with Crippen molar-refractivity contribution in [3.05, 3.63) is 12.4 Å². The lowest BCUT2D eigenvalue weighted by Crippen LogP contribution is -2.37. The van der Waals surface area contributed by atoms with Crippen LogP contribution < -0.4 is 15.5 Å². The van der Waals surface area contributed by atoms with Crippen molar-refractivity contribution < 1.29 is 0 Å². The molecule has 1 aliphatic carbocycles. The molecule has 1 saturated carbocycles. The SMILES string of the molecule is CNCC1CCCN1c1cc(NC2CC2)ncn1. The Bertz CT molecular complexity index is 404. The fourth-order valence-corrected chi connectivity index (χ4v) is 2.61. The molecule has 5 heteroatoms. The van der Waals surface area contributed by atoms with Gasteiger partial charge in [-0.2, -0.15) is 0 Å². The molecule has 0 amide bonds. The molecule has 5 nitrogen and oxygen atoms in total. The zero-order chi connectivity index (χ0) is 12.4. The Morgan fingerprint density at radius 1 is 1.33 bits per heavy atom. The van der Waals surface area contributed by atoms with E-state index in [1.807, 2.05) is 7.05 Å². The summed E-state index contributed by atoms with van der Waals surface area (Å²) in [6.45, 7) is 2.13. The third-order valence-electron chi connectivity index (χ3n) is 3.69. The van der Waals surface area contributed by atoms with E-state index < -0.39 is 0 Å². The summed E-state index contributed by atoms with van der Waals surface area (Å²) in [4.78, 5) is 11.1. The number of likely N-dealkylation sites (N-methyl/N-ethyl adjacent to an activating group) is 1. The van der Waals surface area contributed by atoms with Crippen molar-refractivity contribution in [2.75, 3.05) is 30.4 Å². The molecule has 1 aliphatic heterocycles. The van der Waals surface area contributed by atoms with Crippen molar-refractivity contribution in [1.82, 2.24) is 15.3 Å². The molecule has 1 unspecified atom stereocenters. The number of nitrogens with one attached hydrogen (secondary N) is 2. The van der Waals surface area contributed by atoms with Gasteiger partial charge in [-0.15, -0.1) is 0 Å². The smallest absolute Gasteiger partial charge is 0.134 e. The highest BCUT2D eigenvalue weighted by Gasteiger charge is 2.26. The molecule has 2 heterocycles. The molecule has 1 aromatic rings. The van der Waals surface area contributed by atoms with E-state index in [4.69, 9.17) is 0 Å². The highest BCUT2D eigenvalue weighted by Crippen LogP contribution is 2.27. The summed E-state index contributed by atoms with van der Waals surface area (Å²) in [5.74, 6) is 2.03. The van der Waals surface area contributed by atoms with Crippen LogP contribution in [-0.2, 0) is 0 Å². The van der Waals surface area contributed by atoms with Crippen LogP contribution in [-0.4, -0.2) is 42.2 Å². The largest absolute Gasteiger partial charge is 0.367 e. The summed E-state index contributed by atoms with van der Waals surface area (Å²) < 4.78 is 0. The fourth-order valence-electron chi connectivity index (χ4n) is 2.61. The van der Waals surface area contributed by atoms with Crippen molar-refractivity contribution in [2.24, 2.45) is 0 Å². The van der Waals surface area contributed by atoms with Crippen LogP contribution in [0.5, 0.6) is 0 Å². The van der Waals surface area contributed by atoms with Crippen LogP contribution >= 0.6 is 0 Å². The van der Waals surface area contributed by atoms with Crippen molar-refractivity contribution in [3.63, 3.8) is 0 Å². The monoisotopic (exact) mass is 247 g/mol. The normalized spacial score (nSPS) is 23.4. The topological polar surface area (TPSA) is 53.1 Å². The molecule has 2 fully saturated rings. The molecular formula is C13H21N5. The van der Waals surface area contributed by atoms with Gasteiger partial charge in [0.2, 0.25) is 0 Å². The van der Waals surface area contributed by atoms with Crippen LogP contribution in [0.2, 0.25) is 0 Å². The molecule has 2 aliphatic rings. The van der Waals surface area contributed by atoms with E-state index in [0.717, 1.165) is 24.7 Å². The van der Waals surface area contributed by atoms with Gasteiger partial charge in [0, 0.05) is 31.2 Å². The molecular weight excluding hydrogens is 226 g/mol. The molecule has 0 bridgehead atoms. The van der Waals surface area contributed by atoms with Crippen molar-refractivity contribution in [1.29, 1.82) is 0 Å². The molecule has 2 N–H and O–H groups in total. The lowest BCUT2D eigenvalue weighted by molar-refractivity contribution is 0.611. The molecule has 0 spiro atoms. The van der Waals surface area contributed by atoms with Gasteiger partial charge in [-0.05, 0) is 32.7 Å². The molecule has 98 valence electrons. The quantitative estimate of drug-likeness (QED) is 0.820. The Kier molecular flexibility index (Phi) is 3.32. The second kappa shape index (κ2) is 5.10. The molecule has 3 rings (SSSR count). The van der Waals surface area contributed by atoms with E-state index in [-0.39, 0.29) is 0 Å². The first-order chi connectivity index (χ1) is 8.86. The van der Waals surface area contributed by atoms with Crippen molar-refractivity contribution in [2.45, 2.75) is 37.8 Å². The highest BCUT2D eigenvalue weighted by molar-refractivity contribution is 5.50. The van der Waals surface area contributed by atoms with E-state index in [1.165, 1.54) is 25.7 Å². The number of hydrogen-bond donors (Lipinski definition) is 2. The zero-order valence-electron chi connectivity index (χ0n) is 10.9. The highest BCUT2D eigenvalue weighted by atomic mass is 15.2. The van der Waals surface area contributed by atoms with E-state index in [2.05, 4.69) is 31.6 Å². The summed E-state index contributed by atoms with van der Waals surface area (Å²) in [5.41, 5.74) is 0. The Morgan fingerprint density at radius 3 is 3.00 bits per heavy atom. The number of nitrogens with zero attached hydrogens (tertiary/aromatic N) is 3. The van der Waals surface area contributed by atoms with Gasteiger partial charge in [0.1, 0.15) is 18.0 Å². The van der Waals surface area contributed by atoms with E-state index in [0.29, 0.717) is 12.1 Å². The van der Waals surface area contributed by atoms with Gasteiger partial charge in [-0.3, -0.25) is 0 Å². The summed E-state index contributed by atoms with van der Waals surface area (Å²) in [5, 5.41) is 6.70. The van der Waals surface area contributed by atoms with Gasteiger partial charge in [-0.1, -0.05) is 0 Å². The lowest BCUT2D eigenvalue weighted by atomic mass is 10.2. The number of hydrogen-bond acceptors (Lipinski definition) is 5. The first-order valence-corrected chi connectivity index (χ1v) is 6.86. The second-order valence-electron chi connectivity index (χ2n) is 5.23. The summed E-state index contributed by atoms with van der Waals surface area (Å²) in [6, 6.07) is 3.30. The maximum atomic E-state index is 4.43. The molecule has 1 saturated heterocycles. The minimum absolute atomic E-state index is 0.568. The van der Waals surface area contributed by atoms with Crippen LogP contribution in [0.1, 0.15) is 25.7 Å². The van der Waals surface area contributed by atoms with Crippen LogP contribution in [0.15, 0.2) is 12.4 Å². The van der Waals surface area contributed by atoms with Gasteiger partial charge in [0.25, 0.3) is 0 Å². The van der Waals surface area contributed by atoms with Crippen LogP contribution in [0.3, 0.4) is 0 Å². The zero-order valence-corrected chi connectivity index (χ0v) is 10.9. The van der Waals surface area contributed by atoms with Crippen molar-refractivity contribution in [3.8, 4) is 0 Å².